The molecule has 2 rings (SSSR count). The summed E-state index contributed by atoms with van der Waals surface area (Å²) in [5, 5.41) is 3.07. The van der Waals surface area contributed by atoms with E-state index in [-0.39, 0.29) is 5.91 Å². The highest BCUT2D eigenvalue weighted by atomic mass is 32.2. The van der Waals surface area contributed by atoms with E-state index in [1.165, 1.54) is 0 Å². The fraction of sp³-hybridized carbons (Fsp3) is 0.650. The largest absolute Gasteiger partial charge is 0.380 e. The maximum Gasteiger partial charge on any atom is 0.229 e. The second-order valence-electron chi connectivity index (χ2n) is 8.34. The quantitative estimate of drug-likeness (QED) is 0.673. The van der Waals surface area contributed by atoms with Crippen molar-refractivity contribution in [3.05, 3.63) is 16.7 Å². The number of anilines is 3. The number of sulfonamides is 1. The molecular weight excluding hydrogens is 378 g/mol. The maximum absolute atomic E-state index is 12.7. The van der Waals surface area contributed by atoms with Crippen molar-refractivity contribution in [3.63, 3.8) is 0 Å². The van der Waals surface area contributed by atoms with Gasteiger partial charge in [0.2, 0.25) is 15.9 Å². The number of hydrogen-bond donors (Lipinski definition) is 2. The summed E-state index contributed by atoms with van der Waals surface area (Å²) in [7, 11) is -3.44. The van der Waals surface area contributed by atoms with Crippen molar-refractivity contribution in [2.75, 3.05) is 47.5 Å². The van der Waals surface area contributed by atoms with Gasteiger partial charge in [-0.3, -0.25) is 9.52 Å². The summed E-state index contributed by atoms with van der Waals surface area (Å²) >= 11 is 0. The van der Waals surface area contributed by atoms with Gasteiger partial charge in [-0.25, -0.2) is 8.42 Å². The Bertz CT molecular complexity index is 857. The van der Waals surface area contributed by atoms with Crippen molar-refractivity contribution < 1.29 is 17.9 Å². The molecule has 2 N–H and O–H groups in total. The average Bonchev–Trinajstić information content (AvgIpc) is 2.97. The van der Waals surface area contributed by atoms with Crippen LogP contribution in [0.15, 0.2) is 0 Å². The van der Waals surface area contributed by atoms with E-state index in [1.54, 1.807) is 0 Å². The molecule has 0 aliphatic carbocycles. The second kappa shape index (κ2) is 8.29. The Labute approximate surface area is 168 Å². The van der Waals surface area contributed by atoms with Crippen LogP contribution in [0.25, 0.3) is 0 Å². The molecule has 0 unspecified atom stereocenters. The molecule has 7 nitrogen and oxygen atoms in total. The van der Waals surface area contributed by atoms with Crippen molar-refractivity contribution >= 4 is 33.0 Å². The van der Waals surface area contributed by atoms with Crippen LogP contribution in [0.1, 0.15) is 44.4 Å². The Kier molecular flexibility index (Phi) is 6.66. The van der Waals surface area contributed by atoms with E-state index in [9.17, 15) is 13.2 Å². The first-order chi connectivity index (χ1) is 12.9. The minimum atomic E-state index is -3.44. The molecule has 0 spiro atoms. The normalized spacial score (nSPS) is 14.2. The third kappa shape index (κ3) is 4.97. The molecule has 1 heterocycles. The first kappa shape index (κ1) is 22.5. The molecular formula is C20H33N3O4S. The van der Waals surface area contributed by atoms with Crippen molar-refractivity contribution in [1.29, 1.82) is 0 Å². The van der Waals surface area contributed by atoms with Gasteiger partial charge < -0.3 is 15.0 Å². The van der Waals surface area contributed by atoms with Gasteiger partial charge in [-0.05, 0) is 43.9 Å². The molecule has 1 aliphatic heterocycles. The van der Waals surface area contributed by atoms with Crippen molar-refractivity contribution in [3.8, 4) is 0 Å². The summed E-state index contributed by atoms with van der Waals surface area (Å²) in [5.74, 6) is -0.108. The topological polar surface area (TPSA) is 87.7 Å². The fourth-order valence-electron chi connectivity index (χ4n) is 3.41. The van der Waals surface area contributed by atoms with E-state index >= 15 is 0 Å². The Morgan fingerprint density at radius 2 is 1.82 bits per heavy atom. The smallest absolute Gasteiger partial charge is 0.229 e. The van der Waals surface area contributed by atoms with E-state index in [1.807, 2.05) is 41.5 Å². The Hall–Kier alpha value is -1.80. The maximum atomic E-state index is 12.7. The van der Waals surface area contributed by atoms with Crippen LogP contribution in [0.5, 0.6) is 0 Å². The molecule has 0 atom stereocenters. The lowest BCUT2D eigenvalue weighted by Gasteiger charge is -2.28. The van der Waals surface area contributed by atoms with Crippen LogP contribution in [0, 0.1) is 19.3 Å². The minimum Gasteiger partial charge on any atom is -0.380 e. The summed E-state index contributed by atoms with van der Waals surface area (Å²) in [6, 6.07) is 0. The molecule has 8 heteroatoms. The number of nitrogens with one attached hydrogen (secondary N) is 2. The molecule has 0 bridgehead atoms. The van der Waals surface area contributed by atoms with Crippen LogP contribution in [0.2, 0.25) is 0 Å². The lowest BCUT2D eigenvalue weighted by molar-refractivity contribution is -0.123. The number of fused-ring (bicyclic) bond motifs is 1. The zero-order chi connectivity index (χ0) is 21.3. The molecule has 0 aromatic heterocycles. The molecule has 158 valence electrons. The number of amides is 1. The molecule has 0 saturated carbocycles. The third-order valence-corrected chi connectivity index (χ3v) is 5.54. The van der Waals surface area contributed by atoms with E-state index in [4.69, 9.17) is 4.74 Å². The van der Waals surface area contributed by atoms with Crippen LogP contribution < -0.4 is 14.9 Å². The van der Waals surface area contributed by atoms with Gasteiger partial charge >= 0.3 is 0 Å². The van der Waals surface area contributed by atoms with Crippen molar-refractivity contribution in [2.24, 2.45) is 5.41 Å². The van der Waals surface area contributed by atoms with E-state index < -0.39 is 15.4 Å². The first-order valence-electron chi connectivity index (χ1n) is 9.64. The number of rotatable bonds is 7. The highest BCUT2D eigenvalue weighted by Crippen LogP contribution is 2.45. The van der Waals surface area contributed by atoms with Crippen LogP contribution in [0.4, 0.5) is 17.1 Å². The van der Waals surface area contributed by atoms with Gasteiger partial charge in [0.25, 0.3) is 0 Å². The zero-order valence-electron chi connectivity index (χ0n) is 18.0. The van der Waals surface area contributed by atoms with Gasteiger partial charge in [0, 0.05) is 25.1 Å². The van der Waals surface area contributed by atoms with Crippen LogP contribution in [-0.4, -0.2) is 46.9 Å². The second-order valence-corrected chi connectivity index (χ2v) is 10.1. The average molecular weight is 412 g/mol. The summed E-state index contributed by atoms with van der Waals surface area (Å²) in [4.78, 5) is 15.0. The van der Waals surface area contributed by atoms with Gasteiger partial charge in [-0.1, -0.05) is 20.8 Å². The Morgan fingerprint density at radius 3 is 2.36 bits per heavy atom. The molecule has 1 aromatic rings. The number of ether oxygens (including phenoxy) is 1. The molecule has 0 saturated heterocycles. The van der Waals surface area contributed by atoms with Gasteiger partial charge in [0.1, 0.15) is 0 Å². The standard InChI is InChI=1S/C20H33N3O4S/c1-8-27-12-11-23-10-9-15-13(2)16(22-28(7,25)26)14(3)17(18(15)23)21-19(24)20(4,5)6/h22H,8-12H2,1-7H3,(H,21,24). The van der Waals surface area contributed by atoms with Crippen LogP contribution >= 0.6 is 0 Å². The van der Waals surface area contributed by atoms with Crippen molar-refractivity contribution in [2.45, 2.75) is 48.0 Å². The van der Waals surface area contributed by atoms with Crippen LogP contribution in [0.3, 0.4) is 0 Å². The summed E-state index contributed by atoms with van der Waals surface area (Å²) in [6.07, 6.45) is 1.94. The number of hydrogen-bond acceptors (Lipinski definition) is 5. The van der Waals surface area contributed by atoms with Crippen LogP contribution in [-0.2, 0) is 26.0 Å². The predicted molar refractivity (Wildman–Crippen MR) is 115 cm³/mol. The zero-order valence-corrected chi connectivity index (χ0v) is 18.8. The Balaban J connectivity index is 2.59. The molecule has 0 radical (unpaired) electrons. The minimum absolute atomic E-state index is 0.108. The highest BCUT2D eigenvalue weighted by Gasteiger charge is 2.31. The number of carbonyl (C=O) groups is 1. The van der Waals surface area contributed by atoms with Gasteiger partial charge in [-0.15, -0.1) is 0 Å². The van der Waals surface area contributed by atoms with E-state index in [0.29, 0.717) is 24.6 Å². The predicted octanol–water partition coefficient (Wildman–Crippen LogP) is 3.06. The van der Waals surface area contributed by atoms with Gasteiger partial charge in [-0.2, -0.15) is 0 Å². The van der Waals surface area contributed by atoms with Gasteiger partial charge in [0.05, 0.1) is 29.9 Å². The van der Waals surface area contributed by atoms with Gasteiger partial charge in [0.15, 0.2) is 0 Å². The molecule has 0 fully saturated rings. The Morgan fingerprint density at radius 1 is 1.18 bits per heavy atom. The monoisotopic (exact) mass is 411 g/mol. The molecule has 1 aliphatic rings. The molecule has 1 aromatic carbocycles. The lowest BCUT2D eigenvalue weighted by atomic mass is 9.94. The fourth-order valence-corrected chi connectivity index (χ4v) is 4.09. The lowest BCUT2D eigenvalue weighted by Crippen LogP contribution is -2.31. The molecule has 28 heavy (non-hydrogen) atoms. The summed E-state index contributed by atoms with van der Waals surface area (Å²) in [6.45, 7) is 14.1. The van der Waals surface area contributed by atoms with E-state index in [2.05, 4.69) is 14.9 Å². The first-order valence-corrected chi connectivity index (χ1v) is 11.5. The number of benzene rings is 1. The highest BCUT2D eigenvalue weighted by molar-refractivity contribution is 7.92. The van der Waals surface area contributed by atoms with Crippen molar-refractivity contribution in [1.82, 2.24) is 0 Å². The summed E-state index contributed by atoms with van der Waals surface area (Å²) in [5.41, 5.74) is 4.35. The number of carbonyl (C=O) groups excluding carboxylic acids is 1. The number of nitrogens with zero attached hydrogens (tertiary/aromatic N) is 1. The molecule has 1 amide bonds. The van der Waals surface area contributed by atoms with E-state index in [0.717, 1.165) is 48.1 Å². The third-order valence-electron chi connectivity index (χ3n) is 4.97. The SMILES string of the molecule is CCOCCN1CCc2c(C)c(NS(C)(=O)=O)c(C)c(NC(=O)C(C)(C)C)c21. The summed E-state index contributed by atoms with van der Waals surface area (Å²) < 4.78 is 32.0.